The number of carbonyl (C=O) groups excluding carboxylic acids is 1. The number of rotatable bonds is 4. The lowest BCUT2D eigenvalue weighted by molar-refractivity contribution is 0.102. The van der Waals surface area contributed by atoms with Gasteiger partial charge in [0.2, 0.25) is 0 Å². The summed E-state index contributed by atoms with van der Waals surface area (Å²) in [5.41, 5.74) is 2.49. The van der Waals surface area contributed by atoms with E-state index in [0.717, 1.165) is 17.0 Å². The van der Waals surface area contributed by atoms with Crippen molar-refractivity contribution >= 4 is 27.9 Å². The molecule has 5 nitrogen and oxygen atoms in total. The van der Waals surface area contributed by atoms with Crippen molar-refractivity contribution in [1.29, 1.82) is 0 Å². The van der Waals surface area contributed by atoms with Crippen LogP contribution in [0, 0.1) is 5.82 Å². The van der Waals surface area contributed by atoms with Crippen molar-refractivity contribution in [2.24, 2.45) is 0 Å². The molecule has 4 rings (SSSR count). The zero-order valence-electron chi connectivity index (χ0n) is 13.8. The minimum Gasteiger partial charge on any atom is -0.497 e. The average molecular weight is 367 g/mol. The van der Waals surface area contributed by atoms with Crippen LogP contribution in [0.3, 0.4) is 0 Å². The highest BCUT2D eigenvalue weighted by Gasteiger charge is 2.16. The molecule has 0 unspecified atom stereocenters. The van der Waals surface area contributed by atoms with Crippen LogP contribution >= 0.6 is 11.3 Å². The molecule has 0 bridgehead atoms. The third kappa shape index (κ3) is 3.04. The van der Waals surface area contributed by atoms with Crippen LogP contribution < -0.4 is 10.1 Å². The van der Waals surface area contributed by atoms with Gasteiger partial charge in [0, 0.05) is 22.8 Å². The second kappa shape index (κ2) is 6.61. The molecule has 2 heterocycles. The fourth-order valence-corrected chi connectivity index (χ4v) is 3.48. The van der Waals surface area contributed by atoms with Crippen LogP contribution in [0.15, 0.2) is 60.1 Å². The number of hydrogen-bond donors (Lipinski definition) is 1. The maximum atomic E-state index is 13.3. The highest BCUT2D eigenvalue weighted by molar-refractivity contribution is 7.15. The summed E-state index contributed by atoms with van der Waals surface area (Å²) in [5, 5.41) is 4.43. The van der Waals surface area contributed by atoms with Gasteiger partial charge in [-0.25, -0.2) is 9.37 Å². The number of ether oxygens (including phenoxy) is 1. The average Bonchev–Trinajstić information content (AvgIpc) is 3.22. The summed E-state index contributed by atoms with van der Waals surface area (Å²) in [5.74, 6) is 0.0144. The Bertz CT molecular complexity index is 1100. The second-order valence-corrected chi connectivity index (χ2v) is 6.43. The summed E-state index contributed by atoms with van der Waals surface area (Å²) >= 11 is 1.37. The van der Waals surface area contributed by atoms with Crippen LogP contribution in [0.1, 0.15) is 10.5 Å². The first-order valence-corrected chi connectivity index (χ1v) is 8.70. The first-order chi connectivity index (χ1) is 12.6. The number of hydrogen-bond acceptors (Lipinski definition) is 4. The van der Waals surface area contributed by atoms with Crippen molar-refractivity contribution in [3.8, 4) is 17.0 Å². The van der Waals surface area contributed by atoms with Crippen LogP contribution in [0.4, 0.5) is 10.1 Å². The third-order valence-corrected chi connectivity index (χ3v) is 4.73. The summed E-state index contributed by atoms with van der Waals surface area (Å²) in [6.07, 6.45) is 1.81. The van der Waals surface area contributed by atoms with E-state index in [1.165, 1.54) is 23.5 Å². The number of thiazole rings is 1. The van der Waals surface area contributed by atoms with Crippen molar-refractivity contribution in [2.45, 2.75) is 0 Å². The standard InChI is InChI=1S/C19H14FN3O2S/c1-25-15-7-2-4-12(8-15)16-10-23-17(11-26-19(23)22-16)18(24)21-14-6-3-5-13(20)9-14/h2-11H,1H3,(H,21,24). The summed E-state index contributed by atoms with van der Waals surface area (Å²) in [6, 6.07) is 13.4. The minimum absolute atomic E-state index is 0.323. The quantitative estimate of drug-likeness (QED) is 0.579. The van der Waals surface area contributed by atoms with Crippen LogP contribution in [0.2, 0.25) is 0 Å². The number of nitrogens with zero attached hydrogens (tertiary/aromatic N) is 2. The van der Waals surface area contributed by atoms with Crippen molar-refractivity contribution in [1.82, 2.24) is 9.38 Å². The first-order valence-electron chi connectivity index (χ1n) is 7.82. The number of methoxy groups -OCH3 is 1. The van der Waals surface area contributed by atoms with Crippen LogP contribution in [0.5, 0.6) is 5.75 Å². The van der Waals surface area contributed by atoms with Gasteiger partial charge in [-0.1, -0.05) is 18.2 Å². The summed E-state index contributed by atoms with van der Waals surface area (Å²) in [7, 11) is 1.61. The van der Waals surface area contributed by atoms with Gasteiger partial charge in [0.1, 0.15) is 17.3 Å². The van der Waals surface area contributed by atoms with E-state index in [1.807, 2.05) is 24.3 Å². The molecule has 0 aliphatic rings. The Morgan fingerprint density at radius 1 is 1.23 bits per heavy atom. The minimum atomic E-state index is -0.402. The van der Waals surface area contributed by atoms with E-state index in [4.69, 9.17) is 4.74 Å². The first kappa shape index (κ1) is 16.3. The molecule has 0 saturated carbocycles. The molecule has 0 aliphatic carbocycles. The number of benzene rings is 2. The normalized spacial score (nSPS) is 10.8. The molecular formula is C19H14FN3O2S. The molecular weight excluding hydrogens is 353 g/mol. The van der Waals surface area contributed by atoms with Crippen molar-refractivity contribution in [3.05, 3.63) is 71.6 Å². The predicted octanol–water partition coefficient (Wildman–Crippen LogP) is 4.46. The Labute approximate surface area is 152 Å². The molecule has 0 aliphatic heterocycles. The number of fused-ring (bicyclic) bond motifs is 1. The smallest absolute Gasteiger partial charge is 0.273 e. The Morgan fingerprint density at radius 3 is 2.88 bits per heavy atom. The van der Waals surface area contributed by atoms with Gasteiger partial charge in [0.15, 0.2) is 4.96 Å². The Morgan fingerprint density at radius 2 is 2.08 bits per heavy atom. The monoisotopic (exact) mass is 367 g/mol. The number of imidazole rings is 1. The second-order valence-electron chi connectivity index (χ2n) is 5.60. The number of anilines is 1. The number of halogens is 1. The van der Waals surface area contributed by atoms with Crippen molar-refractivity contribution < 1.29 is 13.9 Å². The molecule has 4 aromatic rings. The third-order valence-electron chi connectivity index (χ3n) is 3.89. The summed E-state index contributed by atoms with van der Waals surface area (Å²) in [6.45, 7) is 0. The lowest BCUT2D eigenvalue weighted by Gasteiger charge is -2.04. The van der Waals surface area contributed by atoms with Gasteiger partial charge < -0.3 is 10.1 Å². The van der Waals surface area contributed by atoms with Crippen molar-refractivity contribution in [2.75, 3.05) is 12.4 Å². The molecule has 0 atom stereocenters. The molecule has 130 valence electrons. The molecule has 0 radical (unpaired) electrons. The van der Waals surface area contributed by atoms with Gasteiger partial charge in [0.05, 0.1) is 12.8 Å². The number of amides is 1. The maximum absolute atomic E-state index is 13.3. The molecule has 1 N–H and O–H groups in total. The Balaban J connectivity index is 1.66. The van der Waals surface area contributed by atoms with E-state index >= 15 is 0 Å². The van der Waals surface area contributed by atoms with E-state index in [9.17, 15) is 9.18 Å². The van der Waals surface area contributed by atoms with Crippen LogP contribution in [-0.2, 0) is 0 Å². The fourth-order valence-electron chi connectivity index (χ4n) is 2.63. The Kier molecular flexibility index (Phi) is 4.14. The van der Waals surface area contributed by atoms with E-state index in [-0.39, 0.29) is 5.91 Å². The largest absolute Gasteiger partial charge is 0.497 e. The van der Waals surface area contributed by atoms with E-state index in [2.05, 4.69) is 10.3 Å². The Hall–Kier alpha value is -3.19. The molecule has 0 saturated heterocycles. The summed E-state index contributed by atoms with van der Waals surface area (Å²) < 4.78 is 20.3. The number of aromatic nitrogens is 2. The summed E-state index contributed by atoms with van der Waals surface area (Å²) in [4.78, 5) is 17.8. The lowest BCUT2D eigenvalue weighted by atomic mass is 10.1. The highest BCUT2D eigenvalue weighted by Crippen LogP contribution is 2.26. The van der Waals surface area contributed by atoms with Crippen molar-refractivity contribution in [3.63, 3.8) is 0 Å². The number of nitrogens with one attached hydrogen (secondary N) is 1. The van der Waals surface area contributed by atoms with Gasteiger partial charge in [-0.05, 0) is 30.3 Å². The maximum Gasteiger partial charge on any atom is 0.273 e. The van der Waals surface area contributed by atoms with Gasteiger partial charge >= 0.3 is 0 Å². The van der Waals surface area contributed by atoms with E-state index in [1.54, 1.807) is 35.2 Å². The predicted molar refractivity (Wildman–Crippen MR) is 99.4 cm³/mol. The fraction of sp³-hybridized carbons (Fsp3) is 0.0526. The van der Waals surface area contributed by atoms with Crippen LogP contribution in [0.25, 0.3) is 16.2 Å². The molecule has 26 heavy (non-hydrogen) atoms. The highest BCUT2D eigenvalue weighted by atomic mass is 32.1. The van der Waals surface area contributed by atoms with Gasteiger partial charge in [0.25, 0.3) is 5.91 Å². The molecule has 0 spiro atoms. The molecule has 1 amide bonds. The lowest BCUT2D eigenvalue weighted by Crippen LogP contribution is -2.13. The topological polar surface area (TPSA) is 55.6 Å². The van der Waals surface area contributed by atoms with Gasteiger partial charge in [-0.3, -0.25) is 9.20 Å². The van der Waals surface area contributed by atoms with E-state index in [0.29, 0.717) is 16.3 Å². The van der Waals surface area contributed by atoms with Crippen LogP contribution in [-0.4, -0.2) is 22.4 Å². The molecule has 2 aromatic carbocycles. The van der Waals surface area contributed by atoms with E-state index < -0.39 is 5.82 Å². The van der Waals surface area contributed by atoms with Gasteiger partial charge in [-0.2, -0.15) is 0 Å². The molecule has 0 fully saturated rings. The van der Waals surface area contributed by atoms with Gasteiger partial charge in [-0.15, -0.1) is 11.3 Å². The zero-order chi connectivity index (χ0) is 18.1. The zero-order valence-corrected chi connectivity index (χ0v) is 14.6. The SMILES string of the molecule is COc1cccc(-c2cn3c(C(=O)Nc4cccc(F)c4)csc3n2)c1. The number of carbonyl (C=O) groups is 1. The molecule has 2 aromatic heterocycles. The molecule has 7 heteroatoms.